The molecule has 0 aliphatic rings. The Labute approximate surface area is 154 Å². The normalized spacial score (nSPS) is 10.9. The molecule has 136 valence electrons. The molecule has 0 unspecified atom stereocenters. The monoisotopic (exact) mass is 365 g/mol. The molecule has 0 spiro atoms. The van der Waals surface area contributed by atoms with Crippen LogP contribution < -0.4 is 4.57 Å². The molecule has 0 bridgehead atoms. The van der Waals surface area contributed by atoms with Crippen molar-refractivity contribution >= 4 is 5.97 Å². The first-order valence-corrected chi connectivity index (χ1v) is 8.35. The number of carbonyl (C=O) groups excluding carboxylic acids is 1. The van der Waals surface area contributed by atoms with Gasteiger partial charge in [-0.05, 0) is 24.3 Å². The van der Waals surface area contributed by atoms with Crippen molar-refractivity contribution in [2.24, 2.45) is 7.05 Å². The van der Waals surface area contributed by atoms with Crippen LogP contribution in [0.1, 0.15) is 10.4 Å². The number of benzene rings is 1. The van der Waals surface area contributed by atoms with Crippen LogP contribution in [0.15, 0.2) is 70.3 Å². The number of rotatable bonds is 6. The lowest BCUT2D eigenvalue weighted by atomic mass is 10.1. The molecule has 4 rings (SSSR count). The van der Waals surface area contributed by atoms with Crippen LogP contribution in [0.4, 0.5) is 0 Å². The number of aryl methyl sites for hydroxylation is 1. The maximum Gasteiger partial charge on any atom is 0.338 e. The smallest absolute Gasteiger partial charge is 0.338 e. The molecule has 0 fully saturated rings. The summed E-state index contributed by atoms with van der Waals surface area (Å²) in [6, 6.07) is 10.3. The van der Waals surface area contributed by atoms with Gasteiger partial charge in [-0.15, -0.1) is 0 Å². The van der Waals surface area contributed by atoms with Crippen LogP contribution in [0, 0.1) is 0 Å². The lowest BCUT2D eigenvalue weighted by Crippen LogP contribution is -2.24. The summed E-state index contributed by atoms with van der Waals surface area (Å²) < 4.78 is 19.6. The third-order valence-electron chi connectivity index (χ3n) is 3.94. The molecule has 0 atom stereocenters. The molecule has 0 saturated heterocycles. The number of carbonyl (C=O) groups is 1. The van der Waals surface area contributed by atoms with E-state index >= 15 is 0 Å². The summed E-state index contributed by atoms with van der Waals surface area (Å²) in [5.74, 6) is 0.853. The Morgan fingerprint density at radius 3 is 2.81 bits per heavy atom. The zero-order valence-electron chi connectivity index (χ0n) is 14.6. The van der Waals surface area contributed by atoms with E-state index in [9.17, 15) is 4.79 Å². The molecule has 0 radical (unpaired) electrons. The first-order valence-electron chi connectivity index (χ1n) is 8.35. The highest BCUT2D eigenvalue weighted by atomic mass is 16.5. The SMILES string of the molecule is C[n+]1ccn(CCOC(=O)c2ccc(-c3noc(-c4ccco4)n3)cc2)c1. The Morgan fingerprint density at radius 1 is 1.26 bits per heavy atom. The second kappa shape index (κ2) is 7.28. The van der Waals surface area contributed by atoms with Crippen LogP contribution in [0.5, 0.6) is 0 Å². The lowest BCUT2D eigenvalue weighted by Gasteiger charge is -2.03. The molecule has 3 aromatic heterocycles. The van der Waals surface area contributed by atoms with E-state index in [4.69, 9.17) is 13.7 Å². The first kappa shape index (κ1) is 16.8. The van der Waals surface area contributed by atoms with Crippen molar-refractivity contribution in [3.63, 3.8) is 0 Å². The standard InChI is InChI=1S/C19H17N4O4/c1-22-8-9-23(13-22)10-12-26-19(24)15-6-4-14(5-7-15)17-20-18(27-21-17)16-3-2-11-25-16/h2-9,11,13H,10,12H2,1H3/q+1. The van der Waals surface area contributed by atoms with Crippen molar-refractivity contribution in [2.75, 3.05) is 6.61 Å². The summed E-state index contributed by atoms with van der Waals surface area (Å²) in [5, 5.41) is 3.94. The third kappa shape index (κ3) is 3.79. The second-order valence-electron chi connectivity index (χ2n) is 5.93. The summed E-state index contributed by atoms with van der Waals surface area (Å²) in [6.07, 6.45) is 7.31. The molecule has 1 aromatic carbocycles. The van der Waals surface area contributed by atoms with Crippen LogP contribution in [-0.4, -0.2) is 27.3 Å². The van der Waals surface area contributed by atoms with E-state index in [1.807, 2.05) is 34.9 Å². The molecule has 0 N–H and O–H groups in total. The third-order valence-corrected chi connectivity index (χ3v) is 3.94. The van der Waals surface area contributed by atoms with Gasteiger partial charge in [0.1, 0.15) is 25.5 Å². The Kier molecular flexibility index (Phi) is 4.52. The highest BCUT2D eigenvalue weighted by Crippen LogP contribution is 2.22. The van der Waals surface area contributed by atoms with Crippen LogP contribution in [-0.2, 0) is 18.3 Å². The minimum absolute atomic E-state index is 0.298. The summed E-state index contributed by atoms with van der Waals surface area (Å²) >= 11 is 0. The fourth-order valence-corrected chi connectivity index (χ4v) is 2.56. The van der Waals surface area contributed by atoms with Gasteiger partial charge in [-0.25, -0.2) is 13.9 Å². The average Bonchev–Trinajstić information content (AvgIpc) is 3.43. The summed E-state index contributed by atoms with van der Waals surface area (Å²) in [6.45, 7) is 0.899. The zero-order valence-corrected chi connectivity index (χ0v) is 14.6. The molecule has 4 aromatic rings. The quantitative estimate of drug-likeness (QED) is 0.385. The van der Waals surface area contributed by atoms with Crippen molar-refractivity contribution in [3.8, 4) is 23.0 Å². The second-order valence-corrected chi connectivity index (χ2v) is 5.93. The molecule has 27 heavy (non-hydrogen) atoms. The zero-order chi connectivity index (χ0) is 18.6. The molecular formula is C19H17N4O4+. The number of esters is 1. The van der Waals surface area contributed by atoms with E-state index in [0.29, 0.717) is 36.2 Å². The number of aromatic nitrogens is 4. The van der Waals surface area contributed by atoms with Gasteiger partial charge < -0.3 is 13.7 Å². The van der Waals surface area contributed by atoms with E-state index in [1.165, 1.54) is 6.26 Å². The molecule has 8 nitrogen and oxygen atoms in total. The van der Waals surface area contributed by atoms with Crippen LogP contribution in [0.25, 0.3) is 23.0 Å². The van der Waals surface area contributed by atoms with Gasteiger partial charge in [0.05, 0.1) is 18.9 Å². The number of imidazole rings is 1. The Balaban J connectivity index is 1.37. The van der Waals surface area contributed by atoms with Crippen molar-refractivity contribution in [3.05, 3.63) is 66.9 Å². The largest absolute Gasteiger partial charge is 0.459 e. The van der Waals surface area contributed by atoms with E-state index in [2.05, 4.69) is 10.1 Å². The number of hydrogen-bond donors (Lipinski definition) is 0. The molecule has 8 heteroatoms. The van der Waals surface area contributed by atoms with Crippen LogP contribution >= 0.6 is 0 Å². The number of hydrogen-bond acceptors (Lipinski definition) is 6. The Morgan fingerprint density at radius 2 is 2.11 bits per heavy atom. The van der Waals surface area contributed by atoms with Crippen LogP contribution in [0.2, 0.25) is 0 Å². The fraction of sp³-hybridized carbons (Fsp3) is 0.158. The van der Waals surface area contributed by atoms with Gasteiger partial charge >= 0.3 is 5.97 Å². The van der Waals surface area contributed by atoms with Gasteiger partial charge in [0, 0.05) is 5.56 Å². The molecular weight excluding hydrogens is 348 g/mol. The summed E-state index contributed by atoms with van der Waals surface area (Å²) in [5.41, 5.74) is 1.19. The topological polar surface area (TPSA) is 87.2 Å². The maximum atomic E-state index is 12.1. The van der Waals surface area contributed by atoms with Crippen molar-refractivity contribution in [2.45, 2.75) is 6.54 Å². The Bertz CT molecular complexity index is 1030. The van der Waals surface area contributed by atoms with Gasteiger partial charge in [0.2, 0.25) is 12.2 Å². The molecule has 0 saturated carbocycles. The van der Waals surface area contributed by atoms with E-state index in [1.54, 1.807) is 36.4 Å². The maximum absolute atomic E-state index is 12.1. The predicted molar refractivity (Wildman–Crippen MR) is 93.3 cm³/mol. The van der Waals surface area contributed by atoms with Gasteiger partial charge in [-0.1, -0.05) is 17.3 Å². The van der Waals surface area contributed by atoms with Crippen LogP contribution in [0.3, 0.4) is 0 Å². The van der Waals surface area contributed by atoms with Gasteiger partial charge in [0.15, 0.2) is 5.76 Å². The Hall–Kier alpha value is -3.68. The number of ether oxygens (including phenoxy) is 1. The first-order chi connectivity index (χ1) is 13.2. The number of furan rings is 1. The summed E-state index contributed by atoms with van der Waals surface area (Å²) in [4.78, 5) is 16.4. The minimum Gasteiger partial charge on any atom is -0.459 e. The lowest BCUT2D eigenvalue weighted by molar-refractivity contribution is -0.671. The average molecular weight is 365 g/mol. The van der Waals surface area contributed by atoms with Gasteiger partial charge in [-0.3, -0.25) is 0 Å². The molecule has 0 aliphatic carbocycles. The van der Waals surface area contributed by atoms with E-state index < -0.39 is 0 Å². The van der Waals surface area contributed by atoms with Crippen molar-refractivity contribution in [1.82, 2.24) is 14.7 Å². The predicted octanol–water partition coefficient (Wildman–Crippen LogP) is 2.48. The van der Waals surface area contributed by atoms with E-state index in [-0.39, 0.29) is 5.97 Å². The van der Waals surface area contributed by atoms with E-state index in [0.717, 1.165) is 5.56 Å². The highest BCUT2D eigenvalue weighted by molar-refractivity contribution is 5.89. The van der Waals surface area contributed by atoms with Crippen molar-refractivity contribution < 1.29 is 23.0 Å². The van der Waals surface area contributed by atoms with Gasteiger partial charge in [0.25, 0.3) is 5.89 Å². The molecule has 0 amide bonds. The fourth-order valence-electron chi connectivity index (χ4n) is 2.56. The minimum atomic E-state index is -0.373. The summed E-state index contributed by atoms with van der Waals surface area (Å²) in [7, 11) is 1.94. The van der Waals surface area contributed by atoms with Gasteiger partial charge in [-0.2, -0.15) is 4.98 Å². The molecule has 0 aliphatic heterocycles. The highest BCUT2D eigenvalue weighted by Gasteiger charge is 2.14. The number of nitrogens with zero attached hydrogens (tertiary/aromatic N) is 4. The molecule has 3 heterocycles. The van der Waals surface area contributed by atoms with Crippen molar-refractivity contribution in [1.29, 1.82) is 0 Å².